The average Bonchev–Trinajstić information content (AvgIpc) is 3.35. The van der Waals surface area contributed by atoms with E-state index in [9.17, 15) is 9.18 Å². The van der Waals surface area contributed by atoms with Crippen molar-refractivity contribution in [1.82, 2.24) is 15.0 Å². The molecule has 0 radical (unpaired) electrons. The van der Waals surface area contributed by atoms with E-state index in [-0.39, 0.29) is 11.8 Å². The number of nitrogens with zero attached hydrogens (tertiary/aromatic N) is 4. The number of rotatable bonds is 5. The maximum Gasteiger partial charge on any atom is 0.324 e. The average molecular weight is 443 g/mol. The van der Waals surface area contributed by atoms with E-state index in [2.05, 4.69) is 10.1 Å². The number of amides is 2. The third-order valence-electron chi connectivity index (χ3n) is 6.34. The minimum Gasteiger partial charge on any atom is -0.356 e. The molecule has 3 aromatic rings. The first-order chi connectivity index (χ1) is 15.1. The molecule has 162 valence electrons. The first kappa shape index (κ1) is 20.3. The second-order valence-electron chi connectivity index (χ2n) is 8.23. The fraction of sp³-hybridized carbons (Fsp3) is 0.391. The number of piperidine rings is 1. The van der Waals surface area contributed by atoms with Crippen LogP contribution in [0.3, 0.4) is 0 Å². The quantitative estimate of drug-likeness (QED) is 0.572. The van der Waals surface area contributed by atoms with Crippen molar-refractivity contribution in [3.63, 3.8) is 0 Å². The largest absolute Gasteiger partial charge is 0.356 e. The fourth-order valence-electron chi connectivity index (χ4n) is 4.59. The molecule has 0 atom stereocenters. The van der Waals surface area contributed by atoms with E-state index in [0.717, 1.165) is 55.8 Å². The Kier molecular flexibility index (Phi) is 5.54. The van der Waals surface area contributed by atoms with Gasteiger partial charge in [-0.05, 0) is 56.3 Å². The van der Waals surface area contributed by atoms with Crippen LogP contribution < -0.4 is 4.90 Å². The van der Waals surface area contributed by atoms with Gasteiger partial charge < -0.3 is 14.3 Å². The minimum absolute atomic E-state index is 0.0402. The molecule has 2 aromatic carbocycles. The molecule has 0 unspecified atom stereocenters. The highest BCUT2D eigenvalue weighted by atomic mass is 35.5. The molecule has 2 aliphatic heterocycles. The maximum atomic E-state index is 13.4. The van der Waals surface area contributed by atoms with Gasteiger partial charge in [0, 0.05) is 54.3 Å². The molecule has 0 spiro atoms. The van der Waals surface area contributed by atoms with Crippen molar-refractivity contribution in [3.05, 3.63) is 59.0 Å². The number of hydrogen-bond acceptors (Lipinski definition) is 4. The molecule has 6 nitrogen and oxygen atoms in total. The summed E-state index contributed by atoms with van der Waals surface area (Å²) in [6.07, 6.45) is 1.95. The van der Waals surface area contributed by atoms with Crippen molar-refractivity contribution in [2.24, 2.45) is 0 Å². The van der Waals surface area contributed by atoms with Gasteiger partial charge in [-0.2, -0.15) is 0 Å². The molecule has 2 saturated heterocycles. The van der Waals surface area contributed by atoms with Crippen LogP contribution in [-0.2, 0) is 0 Å². The smallest absolute Gasteiger partial charge is 0.324 e. The Bertz CT molecular complexity index is 1100. The predicted molar refractivity (Wildman–Crippen MR) is 118 cm³/mol. The number of urea groups is 1. The van der Waals surface area contributed by atoms with E-state index in [4.69, 9.17) is 16.1 Å². The lowest BCUT2D eigenvalue weighted by Crippen LogP contribution is -2.41. The molecule has 2 aliphatic rings. The van der Waals surface area contributed by atoms with Gasteiger partial charge in [-0.15, -0.1) is 0 Å². The summed E-state index contributed by atoms with van der Waals surface area (Å²) >= 11 is 6.07. The zero-order valence-electron chi connectivity index (χ0n) is 17.1. The van der Waals surface area contributed by atoms with Crippen molar-refractivity contribution in [2.75, 3.05) is 44.2 Å². The van der Waals surface area contributed by atoms with Gasteiger partial charge in [0.25, 0.3) is 0 Å². The van der Waals surface area contributed by atoms with Crippen LogP contribution in [0, 0.1) is 5.82 Å². The van der Waals surface area contributed by atoms with E-state index < -0.39 is 0 Å². The highest BCUT2D eigenvalue weighted by Crippen LogP contribution is 2.33. The number of aromatic nitrogens is 1. The summed E-state index contributed by atoms with van der Waals surface area (Å²) < 4.78 is 18.7. The molecule has 1 aromatic heterocycles. The van der Waals surface area contributed by atoms with Gasteiger partial charge in [-0.1, -0.05) is 22.8 Å². The van der Waals surface area contributed by atoms with Crippen molar-refractivity contribution in [3.8, 4) is 0 Å². The maximum absolute atomic E-state index is 13.4. The SMILES string of the molecule is O=C1N(CCN2CCC(c3noc4cc(F)ccc34)CC2)CCN1c1cccc(Cl)c1. The molecule has 2 fully saturated rings. The van der Waals surface area contributed by atoms with Gasteiger partial charge in [-0.3, -0.25) is 4.90 Å². The van der Waals surface area contributed by atoms with Gasteiger partial charge in [0.05, 0.1) is 5.69 Å². The van der Waals surface area contributed by atoms with Crippen LogP contribution >= 0.6 is 11.6 Å². The molecule has 2 amide bonds. The van der Waals surface area contributed by atoms with Crippen LogP contribution in [0.15, 0.2) is 47.0 Å². The van der Waals surface area contributed by atoms with Crippen molar-refractivity contribution >= 4 is 34.3 Å². The van der Waals surface area contributed by atoms with Gasteiger partial charge in [0.15, 0.2) is 5.58 Å². The zero-order chi connectivity index (χ0) is 21.4. The zero-order valence-corrected chi connectivity index (χ0v) is 17.9. The Morgan fingerprint density at radius 1 is 1.06 bits per heavy atom. The molecular formula is C23H24ClFN4O2. The first-order valence-corrected chi connectivity index (χ1v) is 11.1. The Morgan fingerprint density at radius 2 is 1.90 bits per heavy atom. The Balaban J connectivity index is 1.14. The highest BCUT2D eigenvalue weighted by molar-refractivity contribution is 6.30. The molecule has 0 bridgehead atoms. The normalized spacial score (nSPS) is 18.5. The first-order valence-electron chi connectivity index (χ1n) is 10.7. The van der Waals surface area contributed by atoms with Crippen LogP contribution in [0.25, 0.3) is 11.0 Å². The van der Waals surface area contributed by atoms with Crippen molar-refractivity contribution in [2.45, 2.75) is 18.8 Å². The summed E-state index contributed by atoms with van der Waals surface area (Å²) in [4.78, 5) is 18.9. The number of halogens is 2. The monoisotopic (exact) mass is 442 g/mol. The number of fused-ring (bicyclic) bond motifs is 1. The predicted octanol–water partition coefficient (Wildman–Crippen LogP) is 4.74. The lowest BCUT2D eigenvalue weighted by atomic mass is 9.91. The summed E-state index contributed by atoms with van der Waals surface area (Å²) in [6.45, 7) is 4.87. The second-order valence-corrected chi connectivity index (χ2v) is 8.66. The molecule has 0 saturated carbocycles. The standard InChI is InChI=1S/C23H24ClFN4O2/c24-17-2-1-3-19(14-17)29-13-12-28(23(29)30)11-10-27-8-6-16(7-9-27)22-20-5-4-18(25)15-21(20)31-26-22/h1-5,14-16H,6-13H2. The van der Waals surface area contributed by atoms with E-state index in [1.165, 1.54) is 12.1 Å². The molecule has 8 heteroatoms. The van der Waals surface area contributed by atoms with E-state index in [1.54, 1.807) is 11.0 Å². The summed E-state index contributed by atoms with van der Waals surface area (Å²) in [5.41, 5.74) is 2.29. The van der Waals surface area contributed by atoms with Crippen LogP contribution in [0.5, 0.6) is 0 Å². The van der Waals surface area contributed by atoms with Gasteiger partial charge in [0.2, 0.25) is 0 Å². The molecular weight excluding hydrogens is 419 g/mol. The lowest BCUT2D eigenvalue weighted by Gasteiger charge is -2.32. The summed E-state index contributed by atoms with van der Waals surface area (Å²) in [5.74, 6) is 0.00473. The van der Waals surface area contributed by atoms with Gasteiger partial charge >= 0.3 is 6.03 Å². The number of hydrogen-bond donors (Lipinski definition) is 0. The van der Waals surface area contributed by atoms with E-state index in [0.29, 0.717) is 29.6 Å². The molecule has 5 rings (SSSR count). The van der Waals surface area contributed by atoms with E-state index in [1.807, 2.05) is 29.2 Å². The molecule has 0 aliphatic carbocycles. The van der Waals surface area contributed by atoms with E-state index >= 15 is 0 Å². The Labute approximate surface area is 185 Å². The minimum atomic E-state index is -0.310. The number of carbonyl (C=O) groups excluding carboxylic acids is 1. The molecule has 0 N–H and O–H groups in total. The third kappa shape index (κ3) is 4.12. The van der Waals surface area contributed by atoms with Gasteiger partial charge in [0.1, 0.15) is 5.82 Å². The number of benzene rings is 2. The Morgan fingerprint density at radius 3 is 2.71 bits per heavy atom. The fourth-order valence-corrected chi connectivity index (χ4v) is 4.78. The number of anilines is 1. The van der Waals surface area contributed by atoms with Crippen LogP contribution in [-0.4, -0.2) is 60.3 Å². The molecule has 3 heterocycles. The third-order valence-corrected chi connectivity index (χ3v) is 6.57. The van der Waals surface area contributed by atoms with Crippen molar-refractivity contribution in [1.29, 1.82) is 0 Å². The summed E-state index contributed by atoms with van der Waals surface area (Å²) in [5, 5.41) is 5.76. The summed E-state index contributed by atoms with van der Waals surface area (Å²) in [7, 11) is 0. The summed E-state index contributed by atoms with van der Waals surface area (Å²) in [6, 6.07) is 12.1. The number of carbonyl (C=O) groups is 1. The van der Waals surface area contributed by atoms with Gasteiger partial charge in [-0.25, -0.2) is 9.18 Å². The molecule has 31 heavy (non-hydrogen) atoms. The lowest BCUT2D eigenvalue weighted by molar-refractivity contribution is 0.180. The second kappa shape index (κ2) is 8.48. The topological polar surface area (TPSA) is 52.8 Å². The van der Waals surface area contributed by atoms with Crippen LogP contribution in [0.1, 0.15) is 24.5 Å². The number of likely N-dealkylation sites (tertiary alicyclic amines) is 1. The van der Waals surface area contributed by atoms with Crippen LogP contribution in [0.4, 0.5) is 14.9 Å². The Hall–Kier alpha value is -2.64. The highest BCUT2D eigenvalue weighted by Gasteiger charge is 2.30. The van der Waals surface area contributed by atoms with Crippen molar-refractivity contribution < 1.29 is 13.7 Å². The van der Waals surface area contributed by atoms with Crippen LogP contribution in [0.2, 0.25) is 5.02 Å².